The molecule has 100 valence electrons. The number of methoxy groups -OCH3 is 1. The van der Waals surface area contributed by atoms with Gasteiger partial charge in [-0.3, -0.25) is 0 Å². The van der Waals surface area contributed by atoms with Gasteiger partial charge in [-0.25, -0.2) is 4.39 Å². The maximum Gasteiger partial charge on any atom is 0.123 e. The molecule has 2 aromatic carbocycles. The molecule has 2 aromatic rings. The third-order valence-corrected chi connectivity index (χ3v) is 4.02. The highest BCUT2D eigenvalue weighted by molar-refractivity contribution is 9.09. The molecule has 0 aliphatic carbocycles. The Balaban J connectivity index is 2.15. The summed E-state index contributed by atoms with van der Waals surface area (Å²) >= 11 is 9.84. The molecule has 0 aliphatic rings. The van der Waals surface area contributed by atoms with Crippen LogP contribution >= 0.6 is 27.5 Å². The van der Waals surface area contributed by atoms with Crippen molar-refractivity contribution in [3.05, 3.63) is 64.4 Å². The minimum Gasteiger partial charge on any atom is -0.497 e. The van der Waals surface area contributed by atoms with Crippen LogP contribution in [0, 0.1) is 5.82 Å². The minimum atomic E-state index is -0.225. The van der Waals surface area contributed by atoms with E-state index in [4.69, 9.17) is 16.3 Å². The Bertz CT molecular complexity index is 557. The number of hydrogen-bond donors (Lipinski definition) is 0. The lowest BCUT2D eigenvalue weighted by Gasteiger charge is -2.13. The molecule has 0 fully saturated rings. The van der Waals surface area contributed by atoms with E-state index >= 15 is 0 Å². The largest absolute Gasteiger partial charge is 0.497 e. The van der Waals surface area contributed by atoms with E-state index in [9.17, 15) is 4.39 Å². The third kappa shape index (κ3) is 3.71. The van der Waals surface area contributed by atoms with E-state index in [1.165, 1.54) is 12.1 Å². The average Bonchev–Trinajstić information content (AvgIpc) is 2.41. The Kier molecular flexibility index (Phi) is 4.83. The van der Waals surface area contributed by atoms with E-state index in [1.54, 1.807) is 25.3 Å². The molecule has 1 atom stereocenters. The van der Waals surface area contributed by atoms with Crippen molar-refractivity contribution >= 4 is 27.5 Å². The highest BCUT2D eigenvalue weighted by atomic mass is 79.9. The molecule has 4 heteroatoms. The molecule has 0 saturated heterocycles. The van der Waals surface area contributed by atoms with E-state index in [-0.39, 0.29) is 10.6 Å². The number of alkyl halides is 1. The number of halogens is 3. The first-order valence-corrected chi connectivity index (χ1v) is 7.11. The fraction of sp³-hybridized carbons (Fsp3) is 0.200. The van der Waals surface area contributed by atoms with Crippen molar-refractivity contribution in [1.82, 2.24) is 0 Å². The average molecular weight is 344 g/mol. The zero-order valence-corrected chi connectivity index (χ0v) is 12.7. The van der Waals surface area contributed by atoms with Crippen LogP contribution in [0.25, 0.3) is 0 Å². The van der Waals surface area contributed by atoms with E-state index in [0.717, 1.165) is 23.3 Å². The zero-order chi connectivity index (χ0) is 13.8. The molecule has 1 unspecified atom stereocenters. The second-order valence-corrected chi connectivity index (χ2v) is 5.70. The second-order valence-electron chi connectivity index (χ2n) is 4.19. The fourth-order valence-electron chi connectivity index (χ4n) is 1.83. The Labute approximate surface area is 125 Å². The highest BCUT2D eigenvalue weighted by Crippen LogP contribution is 2.34. The van der Waals surface area contributed by atoms with Gasteiger partial charge in [-0.2, -0.15) is 0 Å². The predicted molar refractivity (Wildman–Crippen MR) is 79.8 cm³/mol. The van der Waals surface area contributed by atoms with Crippen molar-refractivity contribution in [3.63, 3.8) is 0 Å². The normalized spacial score (nSPS) is 12.2. The van der Waals surface area contributed by atoms with Gasteiger partial charge in [0.15, 0.2) is 0 Å². The summed E-state index contributed by atoms with van der Waals surface area (Å²) in [7, 11) is 1.61. The van der Waals surface area contributed by atoms with Crippen molar-refractivity contribution in [1.29, 1.82) is 0 Å². The lowest BCUT2D eigenvalue weighted by Crippen LogP contribution is -1.97. The number of rotatable bonds is 4. The minimum absolute atomic E-state index is 0.0800. The van der Waals surface area contributed by atoms with Gasteiger partial charge in [0, 0.05) is 9.85 Å². The van der Waals surface area contributed by atoms with E-state index in [1.807, 2.05) is 12.1 Å². The van der Waals surface area contributed by atoms with Gasteiger partial charge in [-0.15, -0.1) is 0 Å². The van der Waals surface area contributed by atoms with Crippen LogP contribution in [0.15, 0.2) is 42.5 Å². The molecule has 0 aromatic heterocycles. The van der Waals surface area contributed by atoms with Crippen molar-refractivity contribution in [3.8, 4) is 5.75 Å². The molecule has 0 amide bonds. The van der Waals surface area contributed by atoms with Gasteiger partial charge in [0.05, 0.1) is 7.11 Å². The van der Waals surface area contributed by atoms with Crippen LogP contribution in [0.5, 0.6) is 5.75 Å². The molecule has 0 aliphatic heterocycles. The summed E-state index contributed by atoms with van der Waals surface area (Å²) in [5, 5.41) is 0.656. The summed E-state index contributed by atoms with van der Waals surface area (Å²) in [5.41, 5.74) is 2.04. The lowest BCUT2D eigenvalue weighted by molar-refractivity contribution is 0.414. The molecule has 0 heterocycles. The molecule has 0 bridgehead atoms. The number of hydrogen-bond acceptors (Lipinski definition) is 1. The molecule has 0 radical (unpaired) electrons. The Morgan fingerprint density at radius 1 is 1.21 bits per heavy atom. The first kappa shape index (κ1) is 14.4. The standard InChI is InChI=1S/C15H13BrClFO/c1-19-12-6-7-13(15(17)9-12)14(16)8-10-2-4-11(18)5-3-10/h2-7,9,14H,8H2,1H3. The van der Waals surface area contributed by atoms with Crippen molar-refractivity contribution < 1.29 is 9.13 Å². The van der Waals surface area contributed by atoms with Crippen LogP contribution in [-0.2, 0) is 6.42 Å². The van der Waals surface area contributed by atoms with Crippen LogP contribution in [0.4, 0.5) is 4.39 Å². The molecule has 2 rings (SSSR count). The smallest absolute Gasteiger partial charge is 0.123 e. The molecule has 0 saturated carbocycles. The Hall–Kier alpha value is -1.06. The molecule has 1 nitrogen and oxygen atoms in total. The van der Waals surface area contributed by atoms with Gasteiger partial charge in [0.1, 0.15) is 11.6 Å². The quantitative estimate of drug-likeness (QED) is 0.696. The van der Waals surface area contributed by atoms with Gasteiger partial charge in [0.25, 0.3) is 0 Å². The van der Waals surface area contributed by atoms with Crippen molar-refractivity contribution in [2.75, 3.05) is 7.11 Å². The van der Waals surface area contributed by atoms with Crippen LogP contribution < -0.4 is 4.74 Å². The summed E-state index contributed by atoms with van der Waals surface area (Å²) < 4.78 is 18.0. The second kappa shape index (κ2) is 6.40. The van der Waals surface area contributed by atoms with Crippen molar-refractivity contribution in [2.45, 2.75) is 11.2 Å². The lowest BCUT2D eigenvalue weighted by atomic mass is 10.0. The molecular weight excluding hydrogens is 331 g/mol. The highest BCUT2D eigenvalue weighted by Gasteiger charge is 2.13. The monoisotopic (exact) mass is 342 g/mol. The maximum atomic E-state index is 12.8. The first-order chi connectivity index (χ1) is 9.10. The predicted octanol–water partition coefficient (Wildman–Crippen LogP) is 5.17. The van der Waals surface area contributed by atoms with Crippen LogP contribution in [0.2, 0.25) is 5.02 Å². The number of ether oxygens (including phenoxy) is 1. The molecular formula is C15H13BrClFO. The summed E-state index contributed by atoms with van der Waals surface area (Å²) in [6, 6.07) is 12.1. The Morgan fingerprint density at radius 3 is 2.47 bits per heavy atom. The van der Waals surface area contributed by atoms with Crippen LogP contribution in [-0.4, -0.2) is 7.11 Å². The Morgan fingerprint density at radius 2 is 1.89 bits per heavy atom. The summed E-state index contributed by atoms with van der Waals surface area (Å²) in [5.74, 6) is 0.507. The summed E-state index contributed by atoms with van der Waals surface area (Å²) in [6.45, 7) is 0. The summed E-state index contributed by atoms with van der Waals surface area (Å²) in [6.07, 6.45) is 0.742. The topological polar surface area (TPSA) is 9.23 Å². The van der Waals surface area contributed by atoms with Gasteiger partial charge in [-0.05, 0) is 41.8 Å². The SMILES string of the molecule is COc1ccc(C(Br)Cc2ccc(F)cc2)c(Cl)c1. The van der Waals surface area contributed by atoms with E-state index in [0.29, 0.717) is 5.02 Å². The van der Waals surface area contributed by atoms with Crippen LogP contribution in [0.1, 0.15) is 16.0 Å². The summed E-state index contributed by atoms with van der Waals surface area (Å²) in [4.78, 5) is 0.0800. The van der Waals surface area contributed by atoms with Gasteiger partial charge >= 0.3 is 0 Å². The van der Waals surface area contributed by atoms with Gasteiger partial charge < -0.3 is 4.74 Å². The van der Waals surface area contributed by atoms with Crippen LogP contribution in [0.3, 0.4) is 0 Å². The molecule has 19 heavy (non-hydrogen) atoms. The molecule has 0 N–H and O–H groups in total. The van der Waals surface area contributed by atoms with Gasteiger partial charge in [0.2, 0.25) is 0 Å². The van der Waals surface area contributed by atoms with Crippen molar-refractivity contribution in [2.24, 2.45) is 0 Å². The zero-order valence-electron chi connectivity index (χ0n) is 10.4. The van der Waals surface area contributed by atoms with E-state index < -0.39 is 0 Å². The molecule has 0 spiro atoms. The third-order valence-electron chi connectivity index (χ3n) is 2.87. The first-order valence-electron chi connectivity index (χ1n) is 5.82. The van der Waals surface area contributed by atoms with E-state index in [2.05, 4.69) is 15.9 Å². The van der Waals surface area contributed by atoms with Gasteiger partial charge in [-0.1, -0.05) is 45.7 Å². The number of benzene rings is 2. The fourth-order valence-corrected chi connectivity index (χ4v) is 3.03. The maximum absolute atomic E-state index is 12.8.